The highest BCUT2D eigenvalue weighted by Gasteiger charge is 2.28. The number of carbonyl (C=O) groups is 1. The fraction of sp³-hybridized carbons (Fsp3) is 0.600. The van der Waals surface area contributed by atoms with Gasteiger partial charge in [0.1, 0.15) is 0 Å². The van der Waals surface area contributed by atoms with Crippen LogP contribution in [-0.4, -0.2) is 42.6 Å². The van der Waals surface area contributed by atoms with E-state index in [1.165, 1.54) is 12.3 Å². The van der Waals surface area contributed by atoms with Crippen LogP contribution in [0.5, 0.6) is 5.88 Å². The largest absolute Gasteiger partial charge is 0.468 e. The molecule has 0 saturated carbocycles. The Morgan fingerprint density at radius 1 is 1.54 bits per heavy atom. The molecule has 0 spiro atoms. The van der Waals surface area contributed by atoms with Gasteiger partial charge in [-0.2, -0.15) is 13.2 Å². The minimum atomic E-state index is -4.42. The number of rotatable bonds is 6. The Labute approximate surface area is 137 Å². The summed E-state index contributed by atoms with van der Waals surface area (Å²) in [5, 5.41) is 5.42. The Morgan fingerprint density at radius 3 is 3.00 bits per heavy atom. The van der Waals surface area contributed by atoms with Crippen LogP contribution in [0.4, 0.5) is 18.0 Å². The maximum absolute atomic E-state index is 12.1. The molecule has 0 bridgehead atoms. The summed E-state index contributed by atoms with van der Waals surface area (Å²) in [6, 6.07) is 2.46. The van der Waals surface area contributed by atoms with Crippen molar-refractivity contribution in [2.45, 2.75) is 44.6 Å². The van der Waals surface area contributed by atoms with Gasteiger partial charge in [0.2, 0.25) is 5.88 Å². The van der Waals surface area contributed by atoms with Crippen LogP contribution in [-0.2, 0) is 11.3 Å². The Hall–Kier alpha value is -2.03. The van der Waals surface area contributed by atoms with Crippen LogP contribution in [0, 0.1) is 0 Å². The quantitative estimate of drug-likeness (QED) is 0.829. The van der Waals surface area contributed by atoms with Crippen LogP contribution in [0.1, 0.15) is 25.3 Å². The number of alkyl halides is 3. The molecule has 1 aliphatic heterocycles. The van der Waals surface area contributed by atoms with Gasteiger partial charge in [-0.1, -0.05) is 0 Å². The van der Waals surface area contributed by atoms with E-state index in [9.17, 15) is 18.0 Å². The van der Waals surface area contributed by atoms with E-state index in [1.54, 1.807) is 6.07 Å². The molecular weight excluding hydrogens is 327 g/mol. The van der Waals surface area contributed by atoms with E-state index in [0.29, 0.717) is 12.2 Å². The average molecular weight is 347 g/mol. The molecule has 24 heavy (non-hydrogen) atoms. The molecule has 9 heteroatoms. The Kier molecular flexibility index (Phi) is 6.24. The Bertz CT molecular complexity index is 548. The van der Waals surface area contributed by atoms with Crippen molar-refractivity contribution in [3.05, 3.63) is 23.9 Å². The van der Waals surface area contributed by atoms with E-state index in [0.717, 1.165) is 12.8 Å². The number of amides is 2. The smallest absolute Gasteiger partial charge is 0.422 e. The molecule has 1 aliphatic rings. The number of hydrogen-bond acceptors (Lipinski definition) is 4. The zero-order chi connectivity index (χ0) is 17.6. The molecule has 1 aromatic heterocycles. The van der Waals surface area contributed by atoms with Gasteiger partial charge in [-0.3, -0.25) is 0 Å². The summed E-state index contributed by atoms with van der Waals surface area (Å²) < 4.78 is 46.4. The summed E-state index contributed by atoms with van der Waals surface area (Å²) in [4.78, 5) is 15.6. The summed E-state index contributed by atoms with van der Waals surface area (Å²) in [6.45, 7) is 1.31. The number of hydrogen-bond donors (Lipinski definition) is 2. The highest BCUT2D eigenvalue weighted by molar-refractivity contribution is 5.74. The summed E-state index contributed by atoms with van der Waals surface area (Å²) in [6.07, 6.45) is -1.19. The van der Waals surface area contributed by atoms with Gasteiger partial charge in [0.15, 0.2) is 6.61 Å². The molecule has 2 rings (SSSR count). The average Bonchev–Trinajstić information content (AvgIpc) is 3.05. The van der Waals surface area contributed by atoms with Crippen molar-refractivity contribution < 1.29 is 27.4 Å². The first-order chi connectivity index (χ1) is 11.3. The van der Waals surface area contributed by atoms with Crippen molar-refractivity contribution in [1.29, 1.82) is 0 Å². The van der Waals surface area contributed by atoms with Crippen molar-refractivity contribution in [3.63, 3.8) is 0 Å². The zero-order valence-corrected chi connectivity index (χ0v) is 13.2. The maximum Gasteiger partial charge on any atom is 0.422 e. The van der Waals surface area contributed by atoms with Crippen LogP contribution in [0.2, 0.25) is 0 Å². The number of urea groups is 1. The van der Waals surface area contributed by atoms with Gasteiger partial charge in [0, 0.05) is 25.4 Å². The van der Waals surface area contributed by atoms with Gasteiger partial charge < -0.3 is 20.1 Å². The lowest BCUT2D eigenvalue weighted by molar-refractivity contribution is -0.154. The van der Waals surface area contributed by atoms with Crippen LogP contribution < -0.4 is 15.4 Å². The van der Waals surface area contributed by atoms with Gasteiger partial charge in [0.05, 0.1) is 12.1 Å². The van der Waals surface area contributed by atoms with Gasteiger partial charge in [-0.15, -0.1) is 0 Å². The number of pyridine rings is 1. The van der Waals surface area contributed by atoms with Crippen molar-refractivity contribution in [3.8, 4) is 5.88 Å². The molecule has 2 heterocycles. The molecule has 2 N–H and O–H groups in total. The second-order valence-corrected chi connectivity index (χ2v) is 5.57. The fourth-order valence-electron chi connectivity index (χ4n) is 2.33. The predicted octanol–water partition coefficient (Wildman–Crippen LogP) is 2.39. The molecular formula is C15H20F3N3O3. The molecule has 134 valence electrons. The number of ether oxygens (including phenoxy) is 2. The standard InChI is InChI=1S/C15H20F3N3O3/c1-10(12-3-2-6-23-12)21-14(22)20-8-11-4-5-19-13(7-11)24-9-15(16,17)18/h4-5,7,10,12H,2-3,6,8-9H2,1H3,(H2,20,21,22). The second-order valence-electron chi connectivity index (χ2n) is 5.57. The first-order valence-corrected chi connectivity index (χ1v) is 7.64. The van der Waals surface area contributed by atoms with Crippen molar-refractivity contribution in [1.82, 2.24) is 15.6 Å². The van der Waals surface area contributed by atoms with Crippen LogP contribution in [0.25, 0.3) is 0 Å². The van der Waals surface area contributed by atoms with E-state index in [4.69, 9.17) is 4.74 Å². The summed E-state index contributed by atoms with van der Waals surface area (Å²) >= 11 is 0. The number of carbonyl (C=O) groups excluding carboxylic acids is 1. The Balaban J connectivity index is 1.77. The molecule has 0 radical (unpaired) electrons. The molecule has 0 aromatic carbocycles. The minimum absolute atomic E-state index is 0.0130. The van der Waals surface area contributed by atoms with E-state index in [2.05, 4.69) is 20.4 Å². The second kappa shape index (κ2) is 8.18. The van der Waals surface area contributed by atoms with Gasteiger partial charge in [0.25, 0.3) is 0 Å². The lowest BCUT2D eigenvalue weighted by Gasteiger charge is -2.20. The minimum Gasteiger partial charge on any atom is -0.468 e. The molecule has 2 unspecified atom stereocenters. The summed E-state index contributed by atoms with van der Waals surface area (Å²) in [7, 11) is 0. The highest BCUT2D eigenvalue weighted by Crippen LogP contribution is 2.18. The van der Waals surface area contributed by atoms with Gasteiger partial charge in [-0.05, 0) is 31.4 Å². The van der Waals surface area contributed by atoms with Crippen molar-refractivity contribution >= 4 is 6.03 Å². The van der Waals surface area contributed by atoms with E-state index in [-0.39, 0.29) is 30.6 Å². The van der Waals surface area contributed by atoms with Gasteiger partial charge in [-0.25, -0.2) is 9.78 Å². The van der Waals surface area contributed by atoms with Gasteiger partial charge >= 0.3 is 12.2 Å². The lowest BCUT2D eigenvalue weighted by atomic mass is 10.1. The fourth-order valence-corrected chi connectivity index (χ4v) is 2.33. The van der Waals surface area contributed by atoms with Crippen molar-refractivity contribution in [2.24, 2.45) is 0 Å². The van der Waals surface area contributed by atoms with Crippen molar-refractivity contribution in [2.75, 3.05) is 13.2 Å². The number of nitrogens with zero attached hydrogens (tertiary/aromatic N) is 1. The SMILES string of the molecule is CC(NC(=O)NCc1ccnc(OCC(F)(F)F)c1)C1CCCO1. The highest BCUT2D eigenvalue weighted by atomic mass is 19.4. The lowest BCUT2D eigenvalue weighted by Crippen LogP contribution is -2.45. The third-order valence-electron chi connectivity index (χ3n) is 3.52. The van der Waals surface area contributed by atoms with Crippen LogP contribution in [0.15, 0.2) is 18.3 Å². The first kappa shape index (κ1) is 18.3. The monoisotopic (exact) mass is 347 g/mol. The summed E-state index contributed by atoms with van der Waals surface area (Å²) in [5.41, 5.74) is 0.585. The molecule has 1 fully saturated rings. The summed E-state index contributed by atoms with van der Waals surface area (Å²) in [5.74, 6) is -0.139. The van der Waals surface area contributed by atoms with Crippen LogP contribution >= 0.6 is 0 Å². The molecule has 1 saturated heterocycles. The molecule has 2 amide bonds. The van der Waals surface area contributed by atoms with E-state index >= 15 is 0 Å². The Morgan fingerprint density at radius 2 is 2.33 bits per heavy atom. The third-order valence-corrected chi connectivity index (χ3v) is 3.52. The molecule has 1 aromatic rings. The number of halogens is 3. The number of aromatic nitrogens is 1. The predicted molar refractivity (Wildman–Crippen MR) is 79.6 cm³/mol. The molecule has 6 nitrogen and oxygen atoms in total. The molecule has 0 aliphatic carbocycles. The molecule has 2 atom stereocenters. The topological polar surface area (TPSA) is 72.5 Å². The third kappa shape index (κ3) is 6.23. The first-order valence-electron chi connectivity index (χ1n) is 7.64. The number of nitrogens with one attached hydrogen (secondary N) is 2. The maximum atomic E-state index is 12.1. The van der Waals surface area contributed by atoms with E-state index in [1.807, 2.05) is 6.92 Å². The normalized spacial score (nSPS) is 18.9. The van der Waals surface area contributed by atoms with E-state index < -0.39 is 12.8 Å². The zero-order valence-electron chi connectivity index (χ0n) is 13.2. The van der Waals surface area contributed by atoms with Crippen LogP contribution in [0.3, 0.4) is 0 Å².